The molecular formula is C14H12N2O3S2. The van der Waals surface area contributed by atoms with Gasteiger partial charge in [-0.3, -0.25) is 0 Å². The van der Waals surface area contributed by atoms with Gasteiger partial charge in [0.15, 0.2) is 0 Å². The fourth-order valence-electron chi connectivity index (χ4n) is 2.14. The van der Waals surface area contributed by atoms with Gasteiger partial charge in [0, 0.05) is 0 Å². The van der Waals surface area contributed by atoms with Gasteiger partial charge in [-0.1, -0.05) is 12.1 Å². The Bertz CT molecular complexity index is 897. The molecular weight excluding hydrogens is 308 g/mol. The van der Waals surface area contributed by atoms with Gasteiger partial charge in [0.25, 0.3) is 0 Å². The minimum absolute atomic E-state index is 0.0351. The van der Waals surface area contributed by atoms with Crippen molar-refractivity contribution in [1.29, 1.82) is 0 Å². The van der Waals surface area contributed by atoms with Gasteiger partial charge in [0.2, 0.25) is 0 Å². The van der Waals surface area contributed by atoms with E-state index in [-0.39, 0.29) is 4.90 Å². The largest absolute Gasteiger partial charge is 0.379 e. The molecule has 2 aromatic carbocycles. The highest BCUT2D eigenvalue weighted by molar-refractivity contribution is 7.87. The number of benzene rings is 2. The number of hydrogen-bond donors (Lipinski definition) is 0. The van der Waals surface area contributed by atoms with Crippen molar-refractivity contribution in [2.24, 2.45) is 0 Å². The van der Waals surface area contributed by atoms with Crippen molar-refractivity contribution in [3.8, 4) is 5.75 Å². The van der Waals surface area contributed by atoms with Crippen LogP contribution in [-0.4, -0.2) is 17.2 Å². The molecule has 0 aliphatic rings. The third kappa shape index (κ3) is 2.74. The van der Waals surface area contributed by atoms with Crippen LogP contribution in [0.5, 0.6) is 5.75 Å². The summed E-state index contributed by atoms with van der Waals surface area (Å²) in [6.07, 6.45) is 0. The second-order valence-electron chi connectivity index (χ2n) is 4.75. The van der Waals surface area contributed by atoms with Gasteiger partial charge in [-0.25, -0.2) is 0 Å². The molecule has 0 aliphatic carbocycles. The van der Waals surface area contributed by atoms with Crippen molar-refractivity contribution < 1.29 is 12.6 Å². The lowest BCUT2D eigenvalue weighted by atomic mass is 10.1. The van der Waals surface area contributed by atoms with Crippen LogP contribution < -0.4 is 4.18 Å². The maximum absolute atomic E-state index is 12.5. The SMILES string of the molecule is Cc1cc(C)cc(OS(=O)(=O)c2cccc3nsnc23)c1. The smallest absolute Gasteiger partial charge is 0.341 e. The second kappa shape index (κ2) is 5.09. The van der Waals surface area contributed by atoms with Crippen LogP contribution in [0.25, 0.3) is 11.0 Å². The Morgan fingerprint density at radius 2 is 1.76 bits per heavy atom. The number of nitrogens with zero attached hydrogens (tertiary/aromatic N) is 2. The monoisotopic (exact) mass is 320 g/mol. The first-order valence-corrected chi connectivity index (χ1v) is 8.34. The molecule has 21 heavy (non-hydrogen) atoms. The molecule has 7 heteroatoms. The van der Waals surface area contributed by atoms with Crippen LogP contribution in [-0.2, 0) is 10.1 Å². The standard InChI is InChI=1S/C14H12N2O3S2/c1-9-6-10(2)8-11(7-9)19-21(17,18)13-5-3-4-12-14(13)16-20-15-12/h3-8H,1-2H3. The number of rotatable bonds is 3. The van der Waals surface area contributed by atoms with Gasteiger partial charge in [-0.05, 0) is 49.2 Å². The Hall–Kier alpha value is -1.99. The summed E-state index contributed by atoms with van der Waals surface area (Å²) in [5.41, 5.74) is 2.76. The maximum atomic E-state index is 12.5. The molecule has 0 spiro atoms. The third-order valence-electron chi connectivity index (χ3n) is 2.92. The zero-order chi connectivity index (χ0) is 15.0. The summed E-state index contributed by atoms with van der Waals surface area (Å²) in [5.74, 6) is 0.299. The Labute approximate surface area is 126 Å². The van der Waals surface area contributed by atoms with Crippen LogP contribution in [0, 0.1) is 13.8 Å². The normalized spacial score (nSPS) is 11.7. The van der Waals surface area contributed by atoms with Crippen molar-refractivity contribution in [2.75, 3.05) is 0 Å². The average Bonchev–Trinajstić information content (AvgIpc) is 2.84. The highest BCUT2D eigenvalue weighted by Gasteiger charge is 2.22. The van der Waals surface area contributed by atoms with Gasteiger partial charge in [-0.2, -0.15) is 17.2 Å². The molecule has 0 N–H and O–H groups in total. The van der Waals surface area contributed by atoms with Crippen LogP contribution in [0.3, 0.4) is 0 Å². The van der Waals surface area contributed by atoms with Gasteiger partial charge in [0.1, 0.15) is 21.7 Å². The van der Waals surface area contributed by atoms with E-state index in [0.29, 0.717) is 16.8 Å². The first kappa shape index (κ1) is 14.0. The fraction of sp³-hybridized carbons (Fsp3) is 0.143. The first-order valence-electron chi connectivity index (χ1n) is 6.20. The summed E-state index contributed by atoms with van der Waals surface area (Å²) in [6.45, 7) is 3.77. The van der Waals surface area contributed by atoms with Crippen LogP contribution in [0.15, 0.2) is 41.3 Å². The fourth-order valence-corrected chi connectivity index (χ4v) is 3.81. The highest BCUT2D eigenvalue weighted by atomic mass is 32.2. The van der Waals surface area contributed by atoms with Crippen molar-refractivity contribution in [3.05, 3.63) is 47.5 Å². The molecule has 3 rings (SSSR count). The first-order chi connectivity index (χ1) is 9.95. The van der Waals surface area contributed by atoms with E-state index in [1.54, 1.807) is 24.3 Å². The summed E-state index contributed by atoms with van der Waals surface area (Å²) in [7, 11) is -3.94. The molecule has 0 saturated carbocycles. The molecule has 1 aromatic heterocycles. The quantitative estimate of drug-likeness (QED) is 0.694. The van der Waals surface area contributed by atoms with Gasteiger partial charge < -0.3 is 4.18 Å². The average molecular weight is 320 g/mol. The summed E-state index contributed by atoms with van der Waals surface area (Å²) in [5, 5.41) is 0. The van der Waals surface area contributed by atoms with E-state index in [2.05, 4.69) is 8.75 Å². The second-order valence-corrected chi connectivity index (χ2v) is 6.79. The van der Waals surface area contributed by atoms with E-state index in [9.17, 15) is 8.42 Å². The van der Waals surface area contributed by atoms with Crippen molar-refractivity contribution >= 4 is 32.9 Å². The van der Waals surface area contributed by atoms with E-state index in [4.69, 9.17) is 4.18 Å². The van der Waals surface area contributed by atoms with Gasteiger partial charge >= 0.3 is 10.1 Å². The number of hydrogen-bond acceptors (Lipinski definition) is 6. The molecule has 1 heterocycles. The zero-order valence-electron chi connectivity index (χ0n) is 11.4. The Balaban J connectivity index is 2.06. The lowest BCUT2D eigenvalue weighted by molar-refractivity contribution is 0.486. The molecule has 0 unspecified atom stereocenters. The zero-order valence-corrected chi connectivity index (χ0v) is 13.0. The maximum Gasteiger partial charge on any atom is 0.341 e. The molecule has 0 bridgehead atoms. The van der Waals surface area contributed by atoms with Gasteiger partial charge in [-0.15, -0.1) is 0 Å². The van der Waals surface area contributed by atoms with E-state index in [1.165, 1.54) is 6.07 Å². The Kier molecular flexibility index (Phi) is 3.38. The van der Waals surface area contributed by atoms with E-state index in [0.717, 1.165) is 22.9 Å². The third-order valence-corrected chi connectivity index (χ3v) is 4.74. The van der Waals surface area contributed by atoms with E-state index in [1.807, 2.05) is 19.9 Å². The van der Waals surface area contributed by atoms with Crippen LogP contribution in [0.2, 0.25) is 0 Å². The van der Waals surface area contributed by atoms with Crippen molar-refractivity contribution in [3.63, 3.8) is 0 Å². The Morgan fingerprint density at radius 3 is 2.48 bits per heavy atom. The van der Waals surface area contributed by atoms with E-state index >= 15 is 0 Å². The summed E-state index contributed by atoms with van der Waals surface area (Å²) in [4.78, 5) is 0.0351. The highest BCUT2D eigenvalue weighted by Crippen LogP contribution is 2.25. The Morgan fingerprint density at radius 1 is 1.05 bits per heavy atom. The van der Waals surface area contributed by atoms with Crippen LogP contribution >= 0.6 is 11.7 Å². The molecule has 108 valence electrons. The molecule has 5 nitrogen and oxygen atoms in total. The number of aromatic nitrogens is 2. The van der Waals surface area contributed by atoms with E-state index < -0.39 is 10.1 Å². The number of aryl methyl sites for hydroxylation is 2. The topological polar surface area (TPSA) is 69.2 Å². The van der Waals surface area contributed by atoms with Crippen molar-refractivity contribution in [1.82, 2.24) is 8.75 Å². The molecule has 0 radical (unpaired) electrons. The van der Waals surface area contributed by atoms with Crippen LogP contribution in [0.4, 0.5) is 0 Å². The lowest BCUT2D eigenvalue weighted by Crippen LogP contribution is -2.10. The molecule has 0 aliphatic heterocycles. The van der Waals surface area contributed by atoms with Gasteiger partial charge in [0.05, 0.1) is 11.7 Å². The minimum Gasteiger partial charge on any atom is -0.379 e. The summed E-state index contributed by atoms with van der Waals surface area (Å²) < 4.78 is 38.2. The molecule has 0 saturated heterocycles. The molecule has 3 aromatic rings. The number of fused-ring (bicyclic) bond motifs is 1. The van der Waals surface area contributed by atoms with Crippen molar-refractivity contribution in [2.45, 2.75) is 18.7 Å². The van der Waals surface area contributed by atoms with Crippen LogP contribution in [0.1, 0.15) is 11.1 Å². The predicted octanol–water partition coefficient (Wildman–Crippen LogP) is 3.08. The molecule has 0 atom stereocenters. The lowest BCUT2D eigenvalue weighted by Gasteiger charge is -2.08. The summed E-state index contributed by atoms with van der Waals surface area (Å²) >= 11 is 0.974. The molecule has 0 fully saturated rings. The summed E-state index contributed by atoms with van der Waals surface area (Å²) in [6, 6.07) is 10.1. The predicted molar refractivity (Wildman–Crippen MR) is 81.1 cm³/mol. The minimum atomic E-state index is -3.94. The molecule has 0 amide bonds.